The minimum Gasteiger partial charge on any atom is -0.361 e. The van der Waals surface area contributed by atoms with Crippen LogP contribution in [0.4, 0.5) is 5.69 Å². The third-order valence-corrected chi connectivity index (χ3v) is 3.93. The van der Waals surface area contributed by atoms with E-state index in [2.05, 4.69) is 4.98 Å². The molecule has 0 spiro atoms. The zero-order valence-corrected chi connectivity index (χ0v) is 11.6. The Morgan fingerprint density at radius 3 is 2.41 bits per heavy atom. The number of aromatic nitrogens is 1. The van der Waals surface area contributed by atoms with Crippen LogP contribution in [0.3, 0.4) is 0 Å². The summed E-state index contributed by atoms with van der Waals surface area (Å²) in [4.78, 5) is 14.3. The average molecular weight is 288 g/mol. The molecule has 4 aromatic rings. The molecule has 1 aromatic heterocycles. The summed E-state index contributed by atoms with van der Waals surface area (Å²) in [6, 6.07) is 19.0. The Kier molecular flexibility index (Phi) is 2.69. The fourth-order valence-corrected chi connectivity index (χ4v) is 2.83. The summed E-state index contributed by atoms with van der Waals surface area (Å²) in [5.41, 5.74) is 2.65. The van der Waals surface area contributed by atoms with Crippen LogP contribution in [0.1, 0.15) is 0 Å². The molecule has 0 atom stereocenters. The highest BCUT2D eigenvalue weighted by molar-refractivity contribution is 5.94. The first-order valence-electron chi connectivity index (χ1n) is 6.97. The lowest BCUT2D eigenvalue weighted by Crippen LogP contribution is -1.92. The predicted molar refractivity (Wildman–Crippen MR) is 87.9 cm³/mol. The Labute approximate surface area is 126 Å². The number of H-pyrrole nitrogens is 1. The number of hydrogen-bond acceptors (Lipinski definition) is 2. The molecule has 4 nitrogen and oxygen atoms in total. The van der Waals surface area contributed by atoms with Crippen molar-refractivity contribution in [1.82, 2.24) is 4.98 Å². The lowest BCUT2D eigenvalue weighted by molar-refractivity contribution is -0.384. The van der Waals surface area contributed by atoms with Crippen molar-refractivity contribution in [3.8, 4) is 11.1 Å². The summed E-state index contributed by atoms with van der Waals surface area (Å²) in [5, 5.41) is 14.4. The largest absolute Gasteiger partial charge is 0.361 e. The highest BCUT2D eigenvalue weighted by Crippen LogP contribution is 2.35. The Bertz CT molecular complexity index is 1020. The maximum Gasteiger partial charge on any atom is 0.277 e. The van der Waals surface area contributed by atoms with Gasteiger partial charge in [0, 0.05) is 17.8 Å². The summed E-state index contributed by atoms with van der Waals surface area (Å²) >= 11 is 0. The van der Waals surface area contributed by atoms with Crippen LogP contribution in [0.5, 0.6) is 0 Å². The first-order chi connectivity index (χ1) is 10.7. The van der Waals surface area contributed by atoms with E-state index in [0.717, 1.165) is 27.2 Å². The van der Waals surface area contributed by atoms with Gasteiger partial charge < -0.3 is 4.98 Å². The standard InChI is InChI=1S/C18H12N2O2/c21-20(22)18-11-13-4-2-1-3-12(13)10-16(18)14-5-6-17-15(9-14)7-8-19-17/h1-11,19H. The molecule has 0 radical (unpaired) electrons. The molecule has 4 rings (SSSR count). The van der Waals surface area contributed by atoms with Crippen molar-refractivity contribution in [2.75, 3.05) is 0 Å². The number of nitro benzene ring substituents is 1. The van der Waals surface area contributed by atoms with E-state index in [-0.39, 0.29) is 10.6 Å². The van der Waals surface area contributed by atoms with Gasteiger partial charge >= 0.3 is 0 Å². The van der Waals surface area contributed by atoms with E-state index in [0.29, 0.717) is 5.56 Å². The molecule has 3 aromatic carbocycles. The van der Waals surface area contributed by atoms with Crippen LogP contribution in [0.2, 0.25) is 0 Å². The molecule has 1 N–H and O–H groups in total. The number of aromatic amines is 1. The molecule has 22 heavy (non-hydrogen) atoms. The van der Waals surface area contributed by atoms with Crippen LogP contribution in [0, 0.1) is 10.1 Å². The average Bonchev–Trinajstić information content (AvgIpc) is 3.01. The Hall–Kier alpha value is -3.14. The van der Waals surface area contributed by atoms with Gasteiger partial charge in [-0.05, 0) is 46.0 Å². The van der Waals surface area contributed by atoms with Crippen molar-refractivity contribution >= 4 is 27.4 Å². The minimum atomic E-state index is -0.316. The molecular formula is C18H12N2O2. The van der Waals surface area contributed by atoms with E-state index in [1.54, 1.807) is 6.07 Å². The summed E-state index contributed by atoms with van der Waals surface area (Å²) in [6.45, 7) is 0. The third kappa shape index (κ3) is 1.93. The maximum absolute atomic E-state index is 11.5. The number of nitrogens with one attached hydrogen (secondary N) is 1. The van der Waals surface area contributed by atoms with Gasteiger partial charge in [-0.15, -0.1) is 0 Å². The topological polar surface area (TPSA) is 58.9 Å². The third-order valence-electron chi connectivity index (χ3n) is 3.93. The van der Waals surface area contributed by atoms with Gasteiger partial charge in [0.25, 0.3) is 5.69 Å². The van der Waals surface area contributed by atoms with E-state index < -0.39 is 0 Å². The summed E-state index contributed by atoms with van der Waals surface area (Å²) in [7, 11) is 0. The smallest absolute Gasteiger partial charge is 0.277 e. The van der Waals surface area contributed by atoms with Crippen LogP contribution in [-0.2, 0) is 0 Å². The van der Waals surface area contributed by atoms with Gasteiger partial charge in [0.15, 0.2) is 0 Å². The van der Waals surface area contributed by atoms with E-state index in [9.17, 15) is 10.1 Å². The first kappa shape index (κ1) is 12.6. The van der Waals surface area contributed by atoms with Crippen LogP contribution in [0.15, 0.2) is 66.9 Å². The highest BCUT2D eigenvalue weighted by Gasteiger charge is 2.17. The number of fused-ring (bicyclic) bond motifs is 2. The second kappa shape index (κ2) is 4.70. The molecule has 0 saturated carbocycles. The van der Waals surface area contributed by atoms with Gasteiger partial charge in [0.2, 0.25) is 0 Å². The van der Waals surface area contributed by atoms with Crippen molar-refractivity contribution in [1.29, 1.82) is 0 Å². The molecule has 0 aliphatic heterocycles. The van der Waals surface area contributed by atoms with Gasteiger partial charge in [-0.25, -0.2) is 0 Å². The molecule has 0 aliphatic rings. The second-order valence-electron chi connectivity index (χ2n) is 5.25. The van der Waals surface area contributed by atoms with Crippen LogP contribution in [-0.4, -0.2) is 9.91 Å². The first-order valence-corrected chi connectivity index (χ1v) is 6.97. The minimum absolute atomic E-state index is 0.133. The van der Waals surface area contributed by atoms with Gasteiger partial charge in [0.1, 0.15) is 0 Å². The zero-order valence-electron chi connectivity index (χ0n) is 11.6. The number of nitro groups is 1. The van der Waals surface area contributed by atoms with Crippen molar-refractivity contribution in [2.24, 2.45) is 0 Å². The van der Waals surface area contributed by atoms with Gasteiger partial charge in [-0.2, -0.15) is 0 Å². The van der Waals surface area contributed by atoms with Crippen LogP contribution in [0.25, 0.3) is 32.8 Å². The molecule has 0 amide bonds. The van der Waals surface area contributed by atoms with Crippen molar-refractivity contribution in [2.45, 2.75) is 0 Å². The number of nitrogens with zero attached hydrogens (tertiary/aromatic N) is 1. The summed E-state index contributed by atoms with van der Waals surface area (Å²) < 4.78 is 0. The molecular weight excluding hydrogens is 276 g/mol. The van der Waals surface area contributed by atoms with Gasteiger partial charge in [-0.1, -0.05) is 30.3 Å². The fourth-order valence-electron chi connectivity index (χ4n) is 2.83. The number of hydrogen-bond donors (Lipinski definition) is 1. The van der Waals surface area contributed by atoms with E-state index in [1.807, 2.05) is 60.8 Å². The molecule has 1 heterocycles. The number of benzene rings is 3. The van der Waals surface area contributed by atoms with E-state index >= 15 is 0 Å². The van der Waals surface area contributed by atoms with Gasteiger partial charge in [-0.3, -0.25) is 10.1 Å². The molecule has 4 heteroatoms. The molecule has 0 fully saturated rings. The normalized spacial score (nSPS) is 11.1. The Balaban J connectivity index is 2.02. The van der Waals surface area contributed by atoms with E-state index in [4.69, 9.17) is 0 Å². The summed E-state index contributed by atoms with van der Waals surface area (Å²) in [5.74, 6) is 0. The molecule has 0 bridgehead atoms. The highest BCUT2D eigenvalue weighted by atomic mass is 16.6. The molecule has 106 valence electrons. The van der Waals surface area contributed by atoms with Crippen molar-refractivity contribution < 1.29 is 4.92 Å². The molecule has 0 aliphatic carbocycles. The number of rotatable bonds is 2. The SMILES string of the molecule is O=[N+]([O-])c1cc2ccccc2cc1-c1ccc2[nH]ccc2c1. The quantitative estimate of drug-likeness (QED) is 0.421. The maximum atomic E-state index is 11.5. The van der Waals surface area contributed by atoms with Crippen LogP contribution < -0.4 is 0 Å². The van der Waals surface area contributed by atoms with Crippen molar-refractivity contribution in [3.05, 3.63) is 77.0 Å². The fraction of sp³-hybridized carbons (Fsp3) is 0. The molecule has 0 saturated heterocycles. The lowest BCUT2D eigenvalue weighted by atomic mass is 9.98. The van der Waals surface area contributed by atoms with Gasteiger partial charge in [0.05, 0.1) is 10.5 Å². The Morgan fingerprint density at radius 1 is 0.864 bits per heavy atom. The zero-order chi connectivity index (χ0) is 15.1. The monoisotopic (exact) mass is 288 g/mol. The van der Waals surface area contributed by atoms with Crippen LogP contribution >= 0.6 is 0 Å². The summed E-state index contributed by atoms with van der Waals surface area (Å²) in [6.07, 6.45) is 1.86. The Morgan fingerprint density at radius 2 is 1.64 bits per heavy atom. The second-order valence-corrected chi connectivity index (χ2v) is 5.25. The molecule has 0 unspecified atom stereocenters. The van der Waals surface area contributed by atoms with E-state index in [1.165, 1.54) is 0 Å². The van der Waals surface area contributed by atoms with Crippen molar-refractivity contribution in [3.63, 3.8) is 0 Å². The predicted octanol–water partition coefficient (Wildman–Crippen LogP) is 4.90. The lowest BCUT2D eigenvalue weighted by Gasteiger charge is -2.06.